The highest BCUT2D eigenvalue weighted by Gasteiger charge is 2.27. The first-order valence-corrected chi connectivity index (χ1v) is 23.0. The molecular formula is C48H75O10P. The van der Waals surface area contributed by atoms with Crippen molar-refractivity contribution in [2.45, 2.75) is 142 Å². The Hall–Kier alpha value is -3.63. The number of allylic oxidation sites excluding steroid dienone is 20. The molecule has 0 fully saturated rings. The number of hydrogen-bond donors (Lipinski definition) is 3. The van der Waals surface area contributed by atoms with Crippen molar-refractivity contribution < 1.29 is 47.8 Å². The molecule has 0 aromatic rings. The van der Waals surface area contributed by atoms with Crippen molar-refractivity contribution in [3.63, 3.8) is 0 Å². The van der Waals surface area contributed by atoms with Crippen LogP contribution >= 0.6 is 7.82 Å². The zero-order valence-corrected chi connectivity index (χ0v) is 36.8. The molecule has 0 heterocycles. The summed E-state index contributed by atoms with van der Waals surface area (Å²) in [6, 6.07) is 0. The third-order valence-corrected chi connectivity index (χ3v) is 9.05. The second-order valence-electron chi connectivity index (χ2n) is 13.6. The van der Waals surface area contributed by atoms with E-state index in [1.807, 2.05) is 12.2 Å². The Morgan fingerprint density at radius 1 is 0.525 bits per heavy atom. The van der Waals surface area contributed by atoms with Gasteiger partial charge in [-0.15, -0.1) is 0 Å². The van der Waals surface area contributed by atoms with Crippen LogP contribution < -0.4 is 0 Å². The number of carbonyl (C=O) groups is 2. The predicted octanol–water partition coefficient (Wildman–Crippen LogP) is 11.6. The first-order valence-electron chi connectivity index (χ1n) is 21.5. The predicted molar refractivity (Wildman–Crippen MR) is 242 cm³/mol. The fourth-order valence-electron chi connectivity index (χ4n) is 4.83. The zero-order valence-electron chi connectivity index (χ0n) is 35.9. The SMILES string of the molecule is CC/C=C/C/C=C/C/C=C/C/C=C/C/C=C/C/C=C/CCC(=O)O[C@H](COC(=O)CCCCC/C=C/C/C=C/C/C=C/C/C=C/CCC)COP(=O)(O)OC[C@@H](O)CO. The van der Waals surface area contributed by atoms with Gasteiger partial charge in [-0.1, -0.05) is 148 Å². The Bertz CT molecular complexity index is 1390. The third-order valence-electron chi connectivity index (χ3n) is 8.09. The van der Waals surface area contributed by atoms with Crippen LogP contribution in [-0.2, 0) is 32.7 Å². The van der Waals surface area contributed by atoms with Gasteiger partial charge in [0, 0.05) is 12.8 Å². The normalized spacial score (nSPS) is 15.0. The number of unbranched alkanes of at least 4 members (excludes halogenated alkanes) is 4. The number of aliphatic hydroxyl groups is 2. The number of phosphoric ester groups is 1. The molecule has 0 bridgehead atoms. The lowest BCUT2D eigenvalue weighted by Crippen LogP contribution is -2.29. The zero-order chi connectivity index (χ0) is 43.3. The van der Waals surface area contributed by atoms with Crippen LogP contribution in [0.1, 0.15) is 129 Å². The average Bonchev–Trinajstić information content (AvgIpc) is 3.22. The summed E-state index contributed by atoms with van der Waals surface area (Å²) in [5.41, 5.74) is 0. The highest BCUT2D eigenvalue weighted by Crippen LogP contribution is 2.43. The van der Waals surface area contributed by atoms with Gasteiger partial charge in [0.15, 0.2) is 6.10 Å². The van der Waals surface area contributed by atoms with E-state index < -0.39 is 51.8 Å². The van der Waals surface area contributed by atoms with Crippen molar-refractivity contribution in [2.75, 3.05) is 26.4 Å². The van der Waals surface area contributed by atoms with Crippen molar-refractivity contribution in [1.82, 2.24) is 0 Å². The summed E-state index contributed by atoms with van der Waals surface area (Å²) < 4.78 is 32.6. The van der Waals surface area contributed by atoms with Gasteiger partial charge in [0.2, 0.25) is 0 Å². The van der Waals surface area contributed by atoms with Gasteiger partial charge in [-0.3, -0.25) is 18.6 Å². The second kappa shape index (κ2) is 42.5. The Morgan fingerprint density at radius 3 is 1.44 bits per heavy atom. The molecule has 332 valence electrons. The number of rotatable bonds is 38. The molecule has 0 aromatic heterocycles. The maximum atomic E-state index is 12.6. The largest absolute Gasteiger partial charge is 0.472 e. The molecule has 1 unspecified atom stereocenters. The summed E-state index contributed by atoms with van der Waals surface area (Å²) in [4.78, 5) is 35.0. The molecule has 0 rings (SSSR count). The molecule has 0 amide bonds. The lowest BCUT2D eigenvalue weighted by Gasteiger charge is -2.20. The summed E-state index contributed by atoms with van der Waals surface area (Å²) in [5.74, 6) is -1.07. The maximum absolute atomic E-state index is 12.6. The minimum absolute atomic E-state index is 0.0436. The van der Waals surface area contributed by atoms with Crippen LogP contribution in [0, 0.1) is 0 Å². The summed E-state index contributed by atoms with van der Waals surface area (Å²) in [7, 11) is -4.66. The van der Waals surface area contributed by atoms with Gasteiger partial charge in [0.1, 0.15) is 12.7 Å². The number of carbonyl (C=O) groups excluding carboxylic acids is 2. The van der Waals surface area contributed by atoms with E-state index in [1.54, 1.807) is 0 Å². The summed E-state index contributed by atoms with van der Waals surface area (Å²) >= 11 is 0. The molecule has 59 heavy (non-hydrogen) atoms. The minimum atomic E-state index is -4.66. The van der Waals surface area contributed by atoms with Gasteiger partial charge in [0.05, 0.1) is 19.8 Å². The van der Waals surface area contributed by atoms with Crippen molar-refractivity contribution in [3.05, 3.63) is 122 Å². The van der Waals surface area contributed by atoms with Gasteiger partial charge in [-0.2, -0.15) is 0 Å². The molecule has 0 saturated carbocycles. The standard InChI is InChI=1S/C48H75O10P/c1-3-5-7-9-11-13-15-17-19-21-22-24-26-28-30-32-34-36-38-40-48(52)58-46(44-57-59(53,54)56-42-45(50)41-49)43-55-47(51)39-37-35-33-31-29-27-25-23-20-18-16-14-12-10-8-6-4-2/h5,7-8,10-11,13-14,16-17,19-20,22-24,27-30,34,36,45-46,49-50H,3-4,6,9,12,15,18,21,25-26,31-33,35,37-44H2,1-2H3,(H,53,54)/b7-5+,10-8+,13-11+,16-14+,19-17+,23-20+,24-22+,29-27+,30-28+,36-34+/t45-,46+/m0/s1. The molecule has 11 heteroatoms. The van der Waals surface area contributed by atoms with Crippen LogP contribution in [0.4, 0.5) is 0 Å². The summed E-state index contributed by atoms with van der Waals surface area (Å²) in [6.45, 7) is 2.04. The van der Waals surface area contributed by atoms with Crippen molar-refractivity contribution in [3.8, 4) is 0 Å². The van der Waals surface area contributed by atoms with E-state index in [2.05, 4.69) is 128 Å². The summed E-state index contributed by atoms with van der Waals surface area (Å²) in [6.07, 6.45) is 54.6. The second-order valence-corrected chi connectivity index (χ2v) is 15.1. The first-order chi connectivity index (χ1) is 28.7. The molecule has 0 spiro atoms. The lowest BCUT2D eigenvalue weighted by atomic mass is 10.1. The summed E-state index contributed by atoms with van der Waals surface area (Å²) in [5, 5.41) is 18.3. The number of hydrogen-bond acceptors (Lipinski definition) is 9. The van der Waals surface area contributed by atoms with Crippen LogP contribution in [0.2, 0.25) is 0 Å². The van der Waals surface area contributed by atoms with Gasteiger partial charge >= 0.3 is 19.8 Å². The lowest BCUT2D eigenvalue weighted by molar-refractivity contribution is -0.161. The number of phosphoric acid groups is 1. The number of esters is 2. The van der Waals surface area contributed by atoms with Crippen LogP contribution in [-0.4, -0.2) is 65.7 Å². The van der Waals surface area contributed by atoms with E-state index in [0.29, 0.717) is 12.8 Å². The molecule has 0 aromatic carbocycles. The molecule has 10 nitrogen and oxygen atoms in total. The van der Waals surface area contributed by atoms with Crippen LogP contribution in [0.3, 0.4) is 0 Å². The molecule has 3 atom stereocenters. The topological polar surface area (TPSA) is 149 Å². The molecule has 0 aliphatic rings. The van der Waals surface area contributed by atoms with E-state index in [0.717, 1.165) is 83.5 Å². The smallest absolute Gasteiger partial charge is 0.462 e. The Morgan fingerprint density at radius 2 is 0.966 bits per heavy atom. The van der Waals surface area contributed by atoms with Gasteiger partial charge < -0.3 is 24.6 Å². The van der Waals surface area contributed by atoms with Crippen LogP contribution in [0.15, 0.2) is 122 Å². The molecule has 0 saturated heterocycles. The number of ether oxygens (including phenoxy) is 2. The Kier molecular flexibility index (Phi) is 39.9. The van der Waals surface area contributed by atoms with E-state index in [1.165, 1.54) is 6.42 Å². The van der Waals surface area contributed by atoms with E-state index in [9.17, 15) is 24.2 Å². The van der Waals surface area contributed by atoms with E-state index in [-0.39, 0.29) is 19.4 Å². The minimum Gasteiger partial charge on any atom is -0.462 e. The van der Waals surface area contributed by atoms with E-state index >= 15 is 0 Å². The molecular weight excluding hydrogens is 767 g/mol. The van der Waals surface area contributed by atoms with Crippen molar-refractivity contribution >= 4 is 19.8 Å². The van der Waals surface area contributed by atoms with E-state index in [4.69, 9.17) is 19.1 Å². The molecule has 0 aliphatic heterocycles. The maximum Gasteiger partial charge on any atom is 0.472 e. The molecule has 0 aliphatic carbocycles. The van der Waals surface area contributed by atoms with Gasteiger partial charge in [-0.05, 0) is 89.9 Å². The quantitative estimate of drug-likeness (QED) is 0.0237. The fraction of sp³-hybridized carbons (Fsp3) is 0.542. The van der Waals surface area contributed by atoms with Crippen LogP contribution in [0.25, 0.3) is 0 Å². The van der Waals surface area contributed by atoms with Crippen molar-refractivity contribution in [1.29, 1.82) is 0 Å². The monoisotopic (exact) mass is 843 g/mol. The highest BCUT2D eigenvalue weighted by molar-refractivity contribution is 7.47. The van der Waals surface area contributed by atoms with Crippen molar-refractivity contribution in [2.24, 2.45) is 0 Å². The number of aliphatic hydroxyl groups excluding tert-OH is 2. The van der Waals surface area contributed by atoms with Gasteiger partial charge in [0.25, 0.3) is 0 Å². The van der Waals surface area contributed by atoms with Crippen LogP contribution in [0.5, 0.6) is 0 Å². The Balaban J connectivity index is 4.52. The first kappa shape index (κ1) is 55.4. The molecule has 0 radical (unpaired) electrons. The van der Waals surface area contributed by atoms with Gasteiger partial charge in [-0.25, -0.2) is 4.57 Å². The Labute approximate surface area is 356 Å². The average molecular weight is 843 g/mol. The fourth-order valence-corrected chi connectivity index (χ4v) is 5.62. The third kappa shape index (κ3) is 42.3. The molecule has 3 N–H and O–H groups in total. The highest BCUT2D eigenvalue weighted by atomic mass is 31.2.